The van der Waals surface area contributed by atoms with Gasteiger partial charge in [0.15, 0.2) is 6.10 Å². The Morgan fingerprint density at radius 1 is 1.38 bits per heavy atom. The van der Waals surface area contributed by atoms with Crippen LogP contribution in [-0.4, -0.2) is 14.9 Å². The van der Waals surface area contributed by atoms with E-state index < -0.39 is 4.92 Å². The SMILES string of the molecule is C=CCc1ccccc1O[C@H](C)c1nc2ccc([N+](=O)[O-])cc2[nH]1. The average Bonchev–Trinajstić information content (AvgIpc) is 3.00. The first kappa shape index (κ1) is 15.7. The van der Waals surface area contributed by atoms with Crippen LogP contribution in [-0.2, 0) is 6.42 Å². The average molecular weight is 323 g/mol. The number of hydrogen-bond donors (Lipinski definition) is 1. The monoisotopic (exact) mass is 323 g/mol. The second-order valence-corrected chi connectivity index (χ2v) is 5.44. The Morgan fingerprint density at radius 2 is 2.17 bits per heavy atom. The predicted molar refractivity (Wildman–Crippen MR) is 92.1 cm³/mol. The highest BCUT2D eigenvalue weighted by atomic mass is 16.6. The van der Waals surface area contributed by atoms with E-state index in [0.29, 0.717) is 16.9 Å². The first-order valence-corrected chi connectivity index (χ1v) is 7.58. The third-order valence-corrected chi connectivity index (χ3v) is 3.72. The van der Waals surface area contributed by atoms with Gasteiger partial charge < -0.3 is 9.72 Å². The van der Waals surface area contributed by atoms with Crippen molar-refractivity contribution in [1.29, 1.82) is 0 Å². The Balaban J connectivity index is 1.87. The van der Waals surface area contributed by atoms with Gasteiger partial charge in [0.25, 0.3) is 5.69 Å². The predicted octanol–water partition coefficient (Wildman–Crippen LogP) is 4.34. The number of rotatable bonds is 6. The van der Waals surface area contributed by atoms with E-state index in [1.54, 1.807) is 6.07 Å². The van der Waals surface area contributed by atoms with E-state index in [2.05, 4.69) is 16.5 Å². The lowest BCUT2D eigenvalue weighted by Gasteiger charge is -2.15. The van der Waals surface area contributed by atoms with Crippen LogP contribution in [0.5, 0.6) is 5.75 Å². The summed E-state index contributed by atoms with van der Waals surface area (Å²) in [6.07, 6.45) is 2.23. The number of nitro groups is 1. The molecule has 2 aromatic carbocycles. The zero-order valence-electron chi connectivity index (χ0n) is 13.2. The van der Waals surface area contributed by atoms with Crippen molar-refractivity contribution in [1.82, 2.24) is 9.97 Å². The van der Waals surface area contributed by atoms with E-state index in [4.69, 9.17) is 4.74 Å². The van der Waals surface area contributed by atoms with Crippen LogP contribution in [0.3, 0.4) is 0 Å². The summed E-state index contributed by atoms with van der Waals surface area (Å²) in [5, 5.41) is 10.9. The summed E-state index contributed by atoms with van der Waals surface area (Å²) in [6.45, 7) is 5.64. The summed E-state index contributed by atoms with van der Waals surface area (Å²) < 4.78 is 6.02. The number of ether oxygens (including phenoxy) is 1. The number of nitrogens with one attached hydrogen (secondary N) is 1. The van der Waals surface area contributed by atoms with Gasteiger partial charge in [-0.05, 0) is 31.0 Å². The van der Waals surface area contributed by atoms with Crippen LogP contribution in [0.1, 0.15) is 24.4 Å². The van der Waals surface area contributed by atoms with Crippen molar-refractivity contribution in [3.63, 3.8) is 0 Å². The maximum Gasteiger partial charge on any atom is 0.271 e. The lowest BCUT2D eigenvalue weighted by atomic mass is 10.1. The fourth-order valence-corrected chi connectivity index (χ4v) is 2.51. The highest BCUT2D eigenvalue weighted by Gasteiger charge is 2.16. The Hall–Kier alpha value is -3.15. The molecular weight excluding hydrogens is 306 g/mol. The van der Waals surface area contributed by atoms with Crippen LogP contribution in [0.2, 0.25) is 0 Å². The summed E-state index contributed by atoms with van der Waals surface area (Å²) in [6, 6.07) is 12.3. The molecule has 0 aliphatic carbocycles. The van der Waals surface area contributed by atoms with Gasteiger partial charge in [-0.1, -0.05) is 24.3 Å². The van der Waals surface area contributed by atoms with E-state index in [1.807, 2.05) is 37.3 Å². The molecule has 0 fully saturated rings. The number of non-ortho nitro benzene ring substituents is 1. The third-order valence-electron chi connectivity index (χ3n) is 3.72. The van der Waals surface area contributed by atoms with Crippen LogP contribution < -0.4 is 4.74 Å². The molecule has 0 spiro atoms. The minimum absolute atomic E-state index is 0.0302. The van der Waals surface area contributed by atoms with Gasteiger partial charge in [-0.15, -0.1) is 6.58 Å². The van der Waals surface area contributed by atoms with Crippen molar-refractivity contribution < 1.29 is 9.66 Å². The van der Waals surface area contributed by atoms with Crippen molar-refractivity contribution in [2.45, 2.75) is 19.4 Å². The van der Waals surface area contributed by atoms with Crippen molar-refractivity contribution >= 4 is 16.7 Å². The van der Waals surface area contributed by atoms with Gasteiger partial charge in [-0.3, -0.25) is 10.1 Å². The minimum atomic E-state index is -0.425. The molecule has 0 saturated heterocycles. The van der Waals surface area contributed by atoms with E-state index >= 15 is 0 Å². The lowest BCUT2D eigenvalue weighted by Crippen LogP contribution is -2.06. The van der Waals surface area contributed by atoms with E-state index in [9.17, 15) is 10.1 Å². The normalized spacial score (nSPS) is 12.0. The fourth-order valence-electron chi connectivity index (χ4n) is 2.51. The highest BCUT2D eigenvalue weighted by molar-refractivity contribution is 5.77. The molecule has 0 unspecified atom stereocenters. The van der Waals surface area contributed by atoms with Crippen molar-refractivity contribution in [2.75, 3.05) is 0 Å². The largest absolute Gasteiger partial charge is 0.483 e. The molecule has 6 heteroatoms. The summed E-state index contributed by atoms with van der Waals surface area (Å²) in [7, 11) is 0. The van der Waals surface area contributed by atoms with E-state index in [0.717, 1.165) is 17.7 Å². The fraction of sp³-hybridized carbons (Fsp3) is 0.167. The molecule has 1 aromatic heterocycles. The number of fused-ring (bicyclic) bond motifs is 1. The summed E-state index contributed by atoms with van der Waals surface area (Å²) >= 11 is 0. The highest BCUT2D eigenvalue weighted by Crippen LogP contribution is 2.26. The number of para-hydroxylation sites is 1. The number of hydrogen-bond acceptors (Lipinski definition) is 4. The second-order valence-electron chi connectivity index (χ2n) is 5.44. The topological polar surface area (TPSA) is 81.1 Å². The minimum Gasteiger partial charge on any atom is -0.483 e. The van der Waals surface area contributed by atoms with Gasteiger partial charge in [0, 0.05) is 12.1 Å². The first-order chi connectivity index (χ1) is 11.6. The number of aromatic amines is 1. The van der Waals surface area contributed by atoms with Gasteiger partial charge >= 0.3 is 0 Å². The molecular formula is C18H17N3O3. The number of H-pyrrole nitrogens is 1. The Kier molecular flexibility index (Phi) is 4.29. The molecule has 1 heterocycles. The standard InChI is InChI=1S/C18H17N3O3/c1-3-6-13-7-4-5-8-17(13)24-12(2)18-19-15-10-9-14(21(22)23)11-16(15)20-18/h3-5,7-12H,1,6H2,2H3,(H,19,20)/t12-/m1/s1. The van der Waals surface area contributed by atoms with E-state index in [-0.39, 0.29) is 11.8 Å². The third kappa shape index (κ3) is 3.12. The molecule has 1 atom stereocenters. The molecule has 0 aliphatic heterocycles. The van der Waals surface area contributed by atoms with Crippen LogP contribution in [0, 0.1) is 10.1 Å². The number of nitro benzene ring substituents is 1. The second kappa shape index (κ2) is 6.54. The van der Waals surface area contributed by atoms with Gasteiger partial charge in [-0.2, -0.15) is 0 Å². The van der Waals surface area contributed by atoms with Crippen LogP contribution in [0.25, 0.3) is 11.0 Å². The smallest absolute Gasteiger partial charge is 0.271 e. The summed E-state index contributed by atoms with van der Waals surface area (Å²) in [4.78, 5) is 18.0. The molecule has 3 rings (SSSR count). The molecule has 0 radical (unpaired) electrons. The van der Waals surface area contributed by atoms with Gasteiger partial charge in [-0.25, -0.2) is 4.98 Å². The van der Waals surface area contributed by atoms with E-state index in [1.165, 1.54) is 12.1 Å². The van der Waals surface area contributed by atoms with Gasteiger partial charge in [0.2, 0.25) is 0 Å². The maximum atomic E-state index is 10.9. The van der Waals surface area contributed by atoms with Crippen molar-refractivity contribution in [2.24, 2.45) is 0 Å². The first-order valence-electron chi connectivity index (χ1n) is 7.58. The van der Waals surface area contributed by atoms with Gasteiger partial charge in [0.05, 0.1) is 16.0 Å². The van der Waals surface area contributed by atoms with Crippen LogP contribution in [0.4, 0.5) is 5.69 Å². The number of benzene rings is 2. The molecule has 1 N–H and O–H groups in total. The molecule has 0 saturated carbocycles. The number of allylic oxidation sites excluding steroid dienone is 1. The lowest BCUT2D eigenvalue weighted by molar-refractivity contribution is -0.384. The summed E-state index contributed by atoms with van der Waals surface area (Å²) in [5.41, 5.74) is 2.37. The van der Waals surface area contributed by atoms with Gasteiger partial charge in [0.1, 0.15) is 11.6 Å². The maximum absolute atomic E-state index is 10.9. The number of nitrogens with zero attached hydrogens (tertiary/aromatic N) is 2. The van der Waals surface area contributed by atoms with Crippen molar-refractivity contribution in [3.8, 4) is 5.75 Å². The molecule has 0 amide bonds. The molecule has 24 heavy (non-hydrogen) atoms. The van der Waals surface area contributed by atoms with Crippen molar-refractivity contribution in [3.05, 3.63) is 76.6 Å². The molecule has 0 bridgehead atoms. The quantitative estimate of drug-likeness (QED) is 0.415. The van der Waals surface area contributed by atoms with Crippen LogP contribution >= 0.6 is 0 Å². The molecule has 6 nitrogen and oxygen atoms in total. The Bertz CT molecular complexity index is 901. The number of aromatic nitrogens is 2. The Morgan fingerprint density at radius 3 is 2.92 bits per heavy atom. The zero-order chi connectivity index (χ0) is 17.1. The molecule has 122 valence electrons. The summed E-state index contributed by atoms with van der Waals surface area (Å²) in [5.74, 6) is 1.40. The Labute approximate surface area is 139 Å². The zero-order valence-corrected chi connectivity index (χ0v) is 13.2. The number of imidazole rings is 1. The molecule has 3 aromatic rings. The van der Waals surface area contributed by atoms with Crippen LogP contribution in [0.15, 0.2) is 55.1 Å². The molecule has 0 aliphatic rings.